The first-order valence-electron chi connectivity index (χ1n) is 11.1. The summed E-state index contributed by atoms with van der Waals surface area (Å²) in [5, 5.41) is 8.29. The van der Waals surface area contributed by atoms with Gasteiger partial charge in [-0.15, -0.1) is 0 Å². The largest absolute Gasteiger partial charge is 0.192 e. The number of benzene rings is 2. The van der Waals surface area contributed by atoms with Gasteiger partial charge in [-0.05, 0) is 47.1 Å². The molecule has 0 heterocycles. The third-order valence-electron chi connectivity index (χ3n) is 5.18. The third kappa shape index (κ3) is 11.7. The van der Waals surface area contributed by atoms with Crippen molar-refractivity contribution in [3.05, 3.63) is 71.3 Å². The van der Waals surface area contributed by atoms with Crippen LogP contribution < -0.4 is 0 Å². The first-order chi connectivity index (χ1) is 14.1. The maximum absolute atomic E-state index is 8.29. The van der Waals surface area contributed by atoms with Gasteiger partial charge >= 0.3 is 0 Å². The average molecular weight is 543 g/mol. The van der Waals surface area contributed by atoms with Gasteiger partial charge in [0.15, 0.2) is 0 Å². The van der Waals surface area contributed by atoms with E-state index in [4.69, 9.17) is 5.26 Å². The van der Waals surface area contributed by atoms with Crippen LogP contribution in [0.1, 0.15) is 72.1 Å². The van der Waals surface area contributed by atoms with E-state index >= 15 is 0 Å². The SMILES string of the molecule is CC(C)P(Cc1[c-]c(CP(C(C)C)C(C)C)ccc1)C(C)C.N#Cc1ccccc1.[Rh]. The van der Waals surface area contributed by atoms with Gasteiger partial charge in [0, 0.05) is 19.5 Å². The van der Waals surface area contributed by atoms with Crippen LogP contribution in [0.2, 0.25) is 0 Å². The zero-order chi connectivity index (χ0) is 22.7. The van der Waals surface area contributed by atoms with Crippen molar-refractivity contribution in [1.82, 2.24) is 0 Å². The van der Waals surface area contributed by atoms with Crippen LogP contribution in [-0.4, -0.2) is 22.6 Å². The second kappa shape index (κ2) is 16.1. The van der Waals surface area contributed by atoms with Gasteiger partial charge < -0.3 is 0 Å². The van der Waals surface area contributed by atoms with Crippen LogP contribution in [0.3, 0.4) is 0 Å². The molecule has 0 saturated heterocycles. The van der Waals surface area contributed by atoms with Crippen LogP contribution >= 0.6 is 15.8 Å². The molecule has 0 atom stereocenters. The van der Waals surface area contributed by atoms with Gasteiger partial charge in [-0.3, -0.25) is 0 Å². The Morgan fingerprint density at radius 1 is 0.677 bits per heavy atom. The van der Waals surface area contributed by atoms with Crippen molar-refractivity contribution in [2.75, 3.05) is 0 Å². The molecule has 0 aliphatic rings. The minimum absolute atomic E-state index is 0. The predicted octanol–water partition coefficient (Wildman–Crippen LogP) is 8.64. The molecule has 0 aliphatic carbocycles. The Hall–Kier alpha value is -0.587. The molecule has 0 saturated carbocycles. The molecule has 2 rings (SSSR count). The average Bonchev–Trinajstić information content (AvgIpc) is 2.70. The van der Waals surface area contributed by atoms with Gasteiger partial charge in [-0.1, -0.05) is 89.4 Å². The van der Waals surface area contributed by atoms with Crippen LogP contribution in [0.5, 0.6) is 0 Å². The first-order valence-corrected chi connectivity index (χ1v) is 14.4. The molecule has 1 nitrogen and oxygen atoms in total. The fraction of sp³-hybridized carbons (Fsp3) is 0.519. The van der Waals surface area contributed by atoms with Crippen molar-refractivity contribution in [3.63, 3.8) is 0 Å². The van der Waals surface area contributed by atoms with Crippen molar-refractivity contribution in [3.8, 4) is 6.07 Å². The molecular weight excluding hydrogens is 503 g/mol. The van der Waals surface area contributed by atoms with E-state index in [0.29, 0.717) is 5.56 Å². The Morgan fingerprint density at radius 2 is 1.06 bits per heavy atom. The first kappa shape index (κ1) is 30.4. The van der Waals surface area contributed by atoms with Crippen molar-refractivity contribution < 1.29 is 19.5 Å². The van der Waals surface area contributed by atoms with Crippen molar-refractivity contribution in [2.45, 2.75) is 90.3 Å². The molecule has 1 radical (unpaired) electrons. The number of nitrogens with zero attached hydrogens (tertiary/aromatic N) is 1. The van der Waals surface area contributed by atoms with E-state index in [2.05, 4.69) is 79.7 Å². The molecular formula is C27H40NP2Rh-. The normalized spacial score (nSPS) is 11.0. The molecule has 0 bridgehead atoms. The zero-order valence-electron chi connectivity index (χ0n) is 20.5. The molecule has 0 unspecified atom stereocenters. The van der Waals surface area contributed by atoms with Gasteiger partial charge in [0.05, 0.1) is 11.6 Å². The summed E-state index contributed by atoms with van der Waals surface area (Å²) in [5.74, 6) is 0. The molecule has 0 spiro atoms. The standard InChI is InChI=1S/C20H35P2.C7H5N.Rh/c1-15(2)21(16(3)4)13-19-10-9-11-20(12-19)14-22(17(5)6)18(7)8;8-6-7-4-2-1-3-5-7;/h9-11,15-18H,13-14H2,1-8H3;1-5H;/q-1;;. The Morgan fingerprint density at radius 3 is 1.35 bits per heavy atom. The summed E-state index contributed by atoms with van der Waals surface area (Å²) in [4.78, 5) is 0. The van der Waals surface area contributed by atoms with Crippen LogP contribution in [0.15, 0.2) is 48.5 Å². The molecule has 2 aromatic rings. The topological polar surface area (TPSA) is 23.8 Å². The maximum atomic E-state index is 8.29. The van der Waals surface area contributed by atoms with E-state index in [-0.39, 0.29) is 35.3 Å². The van der Waals surface area contributed by atoms with Crippen LogP contribution in [0, 0.1) is 17.4 Å². The van der Waals surface area contributed by atoms with Gasteiger partial charge in [0.2, 0.25) is 0 Å². The molecule has 4 heteroatoms. The molecule has 31 heavy (non-hydrogen) atoms. The van der Waals surface area contributed by atoms with E-state index < -0.39 is 0 Å². The quantitative estimate of drug-likeness (QED) is 0.186. The summed E-state index contributed by atoms with van der Waals surface area (Å²) in [6.07, 6.45) is 2.47. The van der Waals surface area contributed by atoms with Gasteiger partial charge in [0.1, 0.15) is 0 Å². The fourth-order valence-corrected chi connectivity index (χ4v) is 8.58. The minimum atomic E-state index is 0. The molecule has 173 valence electrons. The number of hydrogen-bond acceptors (Lipinski definition) is 1. The summed E-state index contributed by atoms with van der Waals surface area (Å²) in [5.41, 5.74) is 6.80. The van der Waals surface area contributed by atoms with Gasteiger partial charge in [0.25, 0.3) is 0 Å². The Bertz CT molecular complexity index is 713. The number of nitriles is 1. The Balaban J connectivity index is 0.000000838. The van der Waals surface area contributed by atoms with Crippen molar-refractivity contribution in [1.29, 1.82) is 5.26 Å². The number of rotatable bonds is 8. The summed E-state index contributed by atoms with van der Waals surface area (Å²) in [7, 11) is 0.123. The van der Waals surface area contributed by atoms with E-state index in [0.717, 1.165) is 22.6 Å². The smallest absolute Gasteiger partial charge is 0.0991 e. The van der Waals surface area contributed by atoms with E-state index in [1.54, 1.807) is 12.1 Å². The van der Waals surface area contributed by atoms with E-state index in [1.165, 1.54) is 23.5 Å². The molecule has 0 aromatic heterocycles. The van der Waals surface area contributed by atoms with Crippen LogP contribution in [0.4, 0.5) is 0 Å². The maximum Gasteiger partial charge on any atom is 0.0991 e. The monoisotopic (exact) mass is 543 g/mol. The number of hydrogen-bond donors (Lipinski definition) is 0. The van der Waals surface area contributed by atoms with Crippen LogP contribution in [0.25, 0.3) is 0 Å². The predicted molar refractivity (Wildman–Crippen MR) is 138 cm³/mol. The van der Waals surface area contributed by atoms with Crippen LogP contribution in [-0.2, 0) is 31.8 Å². The second-order valence-electron chi connectivity index (χ2n) is 8.90. The zero-order valence-corrected chi connectivity index (χ0v) is 23.9. The Labute approximate surface area is 207 Å². The molecule has 2 aromatic carbocycles. The fourth-order valence-electron chi connectivity index (χ4n) is 3.58. The summed E-state index contributed by atoms with van der Waals surface area (Å²) >= 11 is 0. The van der Waals surface area contributed by atoms with E-state index in [1.807, 2.05) is 24.3 Å². The third-order valence-corrected chi connectivity index (χ3v) is 11.9. The van der Waals surface area contributed by atoms with Gasteiger partial charge in [-0.2, -0.15) is 40.7 Å². The summed E-state index contributed by atoms with van der Waals surface area (Å²) in [6.45, 7) is 19.1. The summed E-state index contributed by atoms with van der Waals surface area (Å²) in [6, 6.07) is 21.8. The molecule has 0 N–H and O–H groups in total. The summed E-state index contributed by atoms with van der Waals surface area (Å²) < 4.78 is 0. The van der Waals surface area contributed by atoms with E-state index in [9.17, 15) is 0 Å². The molecule has 0 aliphatic heterocycles. The molecule has 0 fully saturated rings. The van der Waals surface area contributed by atoms with Crippen molar-refractivity contribution in [2.24, 2.45) is 0 Å². The molecule has 0 amide bonds. The van der Waals surface area contributed by atoms with Gasteiger partial charge in [-0.25, -0.2) is 0 Å². The van der Waals surface area contributed by atoms with Crippen molar-refractivity contribution >= 4 is 15.8 Å². The Kier molecular flexibility index (Phi) is 15.8. The second-order valence-corrected chi connectivity index (χ2v) is 15.7. The minimum Gasteiger partial charge on any atom is -0.192 e.